The van der Waals surface area contributed by atoms with Crippen molar-refractivity contribution < 1.29 is 13.5 Å². The Kier molecular flexibility index (Phi) is 3.99. The van der Waals surface area contributed by atoms with Crippen LogP contribution in [0.15, 0.2) is 0 Å². The highest BCUT2D eigenvalue weighted by molar-refractivity contribution is 7.87. The van der Waals surface area contributed by atoms with Gasteiger partial charge in [0.2, 0.25) is 0 Å². The van der Waals surface area contributed by atoms with Gasteiger partial charge in [-0.25, -0.2) is 4.72 Å². The number of hydrogen-bond donors (Lipinski definition) is 3. The fourth-order valence-electron chi connectivity index (χ4n) is 1.61. The van der Waals surface area contributed by atoms with E-state index in [0.717, 1.165) is 0 Å². The van der Waals surface area contributed by atoms with Crippen molar-refractivity contribution >= 4 is 10.2 Å². The molecule has 0 aromatic rings. The smallest absolute Gasteiger partial charge is 0.277 e. The fraction of sp³-hybridized carbons (Fsp3) is 1.00. The lowest BCUT2D eigenvalue weighted by Gasteiger charge is -2.49. The summed E-state index contributed by atoms with van der Waals surface area (Å²) in [4.78, 5) is 0. The van der Waals surface area contributed by atoms with E-state index in [2.05, 4.69) is 9.44 Å². The summed E-state index contributed by atoms with van der Waals surface area (Å²) in [7, 11) is -3.44. The predicted octanol–water partition coefficient (Wildman–Crippen LogP) is 0.226. The molecular formula is C10H22N2O3S. The van der Waals surface area contributed by atoms with Gasteiger partial charge >= 0.3 is 0 Å². The van der Waals surface area contributed by atoms with Crippen LogP contribution in [-0.2, 0) is 10.2 Å². The van der Waals surface area contributed by atoms with Crippen LogP contribution in [0.25, 0.3) is 0 Å². The van der Waals surface area contributed by atoms with Gasteiger partial charge in [0.1, 0.15) is 0 Å². The van der Waals surface area contributed by atoms with Crippen molar-refractivity contribution in [2.45, 2.75) is 46.3 Å². The third-order valence-electron chi connectivity index (χ3n) is 3.19. The molecule has 1 rings (SSSR count). The lowest BCUT2D eigenvalue weighted by molar-refractivity contribution is -0.0646. The predicted molar refractivity (Wildman–Crippen MR) is 63.1 cm³/mol. The molecule has 0 bridgehead atoms. The summed E-state index contributed by atoms with van der Waals surface area (Å²) >= 11 is 0. The highest BCUT2D eigenvalue weighted by atomic mass is 32.2. The summed E-state index contributed by atoms with van der Waals surface area (Å²) in [5.74, 6) is 0.275. The first-order valence-corrected chi connectivity index (χ1v) is 7.08. The summed E-state index contributed by atoms with van der Waals surface area (Å²) in [5.41, 5.74) is -0.382. The molecular weight excluding hydrogens is 228 g/mol. The van der Waals surface area contributed by atoms with Gasteiger partial charge in [-0.2, -0.15) is 13.1 Å². The van der Waals surface area contributed by atoms with E-state index < -0.39 is 16.3 Å². The van der Waals surface area contributed by atoms with E-state index >= 15 is 0 Å². The van der Waals surface area contributed by atoms with E-state index in [9.17, 15) is 13.5 Å². The monoisotopic (exact) mass is 250 g/mol. The van der Waals surface area contributed by atoms with Crippen molar-refractivity contribution in [3.63, 3.8) is 0 Å². The van der Waals surface area contributed by atoms with Crippen LogP contribution in [0.5, 0.6) is 0 Å². The summed E-state index contributed by atoms with van der Waals surface area (Å²) in [6.45, 7) is 8.03. The molecule has 16 heavy (non-hydrogen) atoms. The molecule has 0 amide bonds. The van der Waals surface area contributed by atoms with E-state index in [1.165, 1.54) is 0 Å². The minimum absolute atomic E-state index is 0.188. The lowest BCUT2D eigenvalue weighted by Crippen LogP contribution is -2.62. The third-order valence-corrected chi connectivity index (χ3v) is 4.34. The van der Waals surface area contributed by atoms with Crippen molar-refractivity contribution in [2.75, 3.05) is 6.54 Å². The van der Waals surface area contributed by atoms with Gasteiger partial charge < -0.3 is 5.11 Å². The molecule has 2 atom stereocenters. The maximum atomic E-state index is 11.6. The van der Waals surface area contributed by atoms with Crippen molar-refractivity contribution in [3.8, 4) is 0 Å². The van der Waals surface area contributed by atoms with Gasteiger partial charge in [0.05, 0.1) is 6.10 Å². The number of aliphatic hydroxyl groups excluding tert-OH is 1. The van der Waals surface area contributed by atoms with Crippen molar-refractivity contribution in [2.24, 2.45) is 11.3 Å². The second-order valence-corrected chi connectivity index (χ2v) is 7.02. The van der Waals surface area contributed by atoms with Gasteiger partial charge in [0.15, 0.2) is 0 Å². The maximum absolute atomic E-state index is 11.6. The molecule has 3 N–H and O–H groups in total. The zero-order valence-electron chi connectivity index (χ0n) is 10.3. The van der Waals surface area contributed by atoms with Crippen LogP contribution in [-0.4, -0.2) is 32.2 Å². The average Bonchev–Trinajstić information content (AvgIpc) is 2.14. The van der Waals surface area contributed by atoms with Gasteiger partial charge in [-0.15, -0.1) is 0 Å². The normalized spacial score (nSPS) is 29.1. The Morgan fingerprint density at radius 2 is 2.00 bits per heavy atom. The Bertz CT molecular complexity index is 338. The summed E-state index contributed by atoms with van der Waals surface area (Å²) in [6.07, 6.45) is 0.0561. The number of nitrogens with one attached hydrogen (secondary N) is 2. The second kappa shape index (κ2) is 4.60. The zero-order valence-corrected chi connectivity index (χ0v) is 11.1. The first-order valence-electron chi connectivity index (χ1n) is 5.60. The van der Waals surface area contributed by atoms with Crippen LogP contribution in [0.4, 0.5) is 0 Å². The van der Waals surface area contributed by atoms with E-state index in [1.54, 1.807) is 0 Å². The van der Waals surface area contributed by atoms with E-state index in [-0.39, 0.29) is 17.4 Å². The van der Waals surface area contributed by atoms with Gasteiger partial charge in [-0.05, 0) is 12.3 Å². The molecule has 2 unspecified atom stereocenters. The molecule has 0 saturated heterocycles. The summed E-state index contributed by atoms with van der Waals surface area (Å²) < 4.78 is 28.3. The van der Waals surface area contributed by atoms with Crippen LogP contribution in [0.2, 0.25) is 0 Å². The Labute approximate surface area is 97.8 Å². The molecule has 0 aromatic heterocycles. The first kappa shape index (κ1) is 13.9. The van der Waals surface area contributed by atoms with Crippen LogP contribution in [0.1, 0.15) is 34.1 Å². The minimum Gasteiger partial charge on any atom is -0.392 e. The fourth-order valence-corrected chi connectivity index (χ4v) is 3.02. The molecule has 96 valence electrons. The molecule has 1 saturated carbocycles. The van der Waals surface area contributed by atoms with Crippen LogP contribution < -0.4 is 9.44 Å². The van der Waals surface area contributed by atoms with Crippen LogP contribution in [0.3, 0.4) is 0 Å². The van der Waals surface area contributed by atoms with Crippen molar-refractivity contribution in [3.05, 3.63) is 0 Å². The summed E-state index contributed by atoms with van der Waals surface area (Å²) in [6, 6.07) is -0.188. The number of rotatable bonds is 5. The quantitative estimate of drug-likeness (QED) is 0.653. The molecule has 1 aliphatic carbocycles. The Morgan fingerprint density at radius 1 is 1.44 bits per heavy atom. The van der Waals surface area contributed by atoms with Gasteiger partial charge in [-0.1, -0.05) is 27.7 Å². The molecule has 0 heterocycles. The van der Waals surface area contributed by atoms with Gasteiger partial charge in [0, 0.05) is 18.0 Å². The summed E-state index contributed by atoms with van der Waals surface area (Å²) in [5, 5.41) is 9.51. The largest absolute Gasteiger partial charge is 0.392 e. The molecule has 0 radical (unpaired) electrons. The second-order valence-electron chi connectivity index (χ2n) is 5.49. The van der Waals surface area contributed by atoms with Crippen molar-refractivity contribution in [1.29, 1.82) is 0 Å². The highest BCUT2D eigenvalue weighted by Crippen LogP contribution is 2.40. The molecule has 1 aliphatic rings. The van der Waals surface area contributed by atoms with Gasteiger partial charge in [-0.3, -0.25) is 0 Å². The molecule has 0 spiro atoms. The topological polar surface area (TPSA) is 78.4 Å². The lowest BCUT2D eigenvalue weighted by atomic mass is 9.65. The molecule has 6 heteroatoms. The Hall–Kier alpha value is -0.170. The number of hydrogen-bond acceptors (Lipinski definition) is 3. The van der Waals surface area contributed by atoms with E-state index in [1.807, 2.05) is 27.7 Å². The van der Waals surface area contributed by atoms with Crippen LogP contribution in [0, 0.1) is 11.3 Å². The standard InChI is InChI=1S/C10H22N2O3S/c1-7(2)6-11-16(14,15)12-8-5-9(13)10(8,3)4/h7-9,11-13H,5-6H2,1-4H3. The average molecular weight is 250 g/mol. The molecule has 0 aliphatic heterocycles. The van der Waals surface area contributed by atoms with E-state index in [0.29, 0.717) is 13.0 Å². The third kappa shape index (κ3) is 3.16. The maximum Gasteiger partial charge on any atom is 0.277 e. The van der Waals surface area contributed by atoms with Crippen LogP contribution >= 0.6 is 0 Å². The molecule has 0 aromatic carbocycles. The zero-order chi connectivity index (χ0) is 12.6. The Morgan fingerprint density at radius 3 is 2.38 bits per heavy atom. The van der Waals surface area contributed by atoms with E-state index in [4.69, 9.17) is 0 Å². The first-order chi connectivity index (χ1) is 7.15. The van der Waals surface area contributed by atoms with Gasteiger partial charge in [0.25, 0.3) is 10.2 Å². The van der Waals surface area contributed by atoms with Crippen molar-refractivity contribution in [1.82, 2.24) is 9.44 Å². The Balaban J connectivity index is 2.49. The highest BCUT2D eigenvalue weighted by Gasteiger charge is 2.48. The minimum atomic E-state index is -3.44. The SMILES string of the molecule is CC(C)CNS(=O)(=O)NC1CC(O)C1(C)C. The molecule has 1 fully saturated rings. The molecule has 5 nitrogen and oxygen atoms in total. The number of aliphatic hydroxyl groups is 1.